The molecule has 13 heteroatoms. The van der Waals surface area contributed by atoms with Crippen LogP contribution >= 0.6 is 15.9 Å². The van der Waals surface area contributed by atoms with E-state index in [1.54, 1.807) is 0 Å². The van der Waals surface area contributed by atoms with E-state index in [-0.39, 0.29) is 21.3 Å². The normalized spacial score (nSPS) is 19.7. The van der Waals surface area contributed by atoms with Crippen LogP contribution in [-0.4, -0.2) is 45.5 Å². The number of carbonyl (C=O) groups is 1. The minimum absolute atomic E-state index is 0.00212. The first-order chi connectivity index (χ1) is 13.8. The molecule has 0 radical (unpaired) electrons. The highest BCUT2D eigenvalue weighted by Crippen LogP contribution is 2.42. The van der Waals surface area contributed by atoms with Crippen LogP contribution in [0.4, 0.5) is 4.39 Å². The first kappa shape index (κ1) is 22.2. The van der Waals surface area contributed by atoms with Gasteiger partial charge in [0.05, 0.1) is 17.0 Å². The second-order valence-corrected chi connectivity index (χ2v) is 10.7. The molecule has 0 fully saturated rings. The summed E-state index contributed by atoms with van der Waals surface area (Å²) in [6, 6.07) is 8.97. The highest BCUT2D eigenvalue weighted by Gasteiger charge is 2.54. The maximum atomic E-state index is 13.8. The summed E-state index contributed by atoms with van der Waals surface area (Å²) in [5.74, 6) is -2.37. The van der Waals surface area contributed by atoms with Gasteiger partial charge < -0.3 is 9.92 Å². The van der Waals surface area contributed by atoms with Gasteiger partial charge in [0.15, 0.2) is 5.54 Å². The number of halogens is 2. The van der Waals surface area contributed by atoms with Gasteiger partial charge in [0.1, 0.15) is 11.6 Å². The SMILES string of the molecule is CS(=O)(=O)Oc1cccc(C2(c3ccc(F)c(Br)c3)N=C(N)N(S(C)(=O)=O)C2=O)c1. The van der Waals surface area contributed by atoms with Crippen molar-refractivity contribution < 1.29 is 30.2 Å². The zero-order chi connectivity index (χ0) is 22.5. The maximum absolute atomic E-state index is 13.8. The lowest BCUT2D eigenvalue weighted by Crippen LogP contribution is -2.46. The molecule has 0 aromatic heterocycles. The molecule has 0 spiro atoms. The van der Waals surface area contributed by atoms with E-state index in [0.717, 1.165) is 18.6 Å². The molecule has 2 N–H and O–H groups in total. The monoisotopic (exact) mass is 519 g/mol. The predicted molar refractivity (Wildman–Crippen MR) is 110 cm³/mol. The molecule has 1 unspecified atom stereocenters. The van der Waals surface area contributed by atoms with Crippen LogP contribution in [0.3, 0.4) is 0 Å². The summed E-state index contributed by atoms with van der Waals surface area (Å²) in [6.07, 6.45) is 1.63. The average Bonchev–Trinajstić information content (AvgIpc) is 2.87. The average molecular weight is 520 g/mol. The van der Waals surface area contributed by atoms with Gasteiger partial charge in [-0.3, -0.25) is 4.79 Å². The van der Waals surface area contributed by atoms with E-state index in [1.165, 1.54) is 36.4 Å². The minimum Gasteiger partial charge on any atom is -0.383 e. The molecular formula is C17H15BrFN3O6S2. The van der Waals surface area contributed by atoms with Crippen molar-refractivity contribution in [2.45, 2.75) is 5.54 Å². The molecule has 0 bridgehead atoms. The molecule has 1 aliphatic rings. The van der Waals surface area contributed by atoms with Gasteiger partial charge in [-0.05, 0) is 51.3 Å². The van der Waals surface area contributed by atoms with Crippen LogP contribution in [-0.2, 0) is 30.5 Å². The van der Waals surface area contributed by atoms with Gasteiger partial charge in [-0.2, -0.15) is 12.7 Å². The second kappa shape index (κ2) is 7.32. The van der Waals surface area contributed by atoms with E-state index in [0.29, 0.717) is 4.31 Å². The van der Waals surface area contributed by atoms with Gasteiger partial charge in [0.25, 0.3) is 5.91 Å². The number of carbonyl (C=O) groups excluding carboxylic acids is 1. The fraction of sp³-hybridized carbons (Fsp3) is 0.176. The first-order valence-electron chi connectivity index (χ1n) is 8.11. The van der Waals surface area contributed by atoms with Crippen LogP contribution < -0.4 is 9.92 Å². The fourth-order valence-electron chi connectivity index (χ4n) is 3.05. The van der Waals surface area contributed by atoms with Crippen molar-refractivity contribution in [1.82, 2.24) is 4.31 Å². The Balaban J connectivity index is 2.32. The van der Waals surface area contributed by atoms with Crippen LogP contribution in [0.25, 0.3) is 0 Å². The zero-order valence-corrected chi connectivity index (χ0v) is 18.8. The molecule has 1 atom stereocenters. The Morgan fingerprint density at radius 1 is 1.10 bits per heavy atom. The lowest BCUT2D eigenvalue weighted by atomic mass is 9.83. The number of sulfonamides is 1. The van der Waals surface area contributed by atoms with Crippen molar-refractivity contribution >= 4 is 47.9 Å². The third-order valence-electron chi connectivity index (χ3n) is 4.15. The Kier molecular flexibility index (Phi) is 5.41. The number of nitrogens with zero attached hydrogens (tertiary/aromatic N) is 2. The Morgan fingerprint density at radius 3 is 2.27 bits per heavy atom. The third kappa shape index (κ3) is 3.91. The summed E-state index contributed by atoms with van der Waals surface area (Å²) in [4.78, 5) is 17.5. The van der Waals surface area contributed by atoms with E-state index in [1.807, 2.05) is 0 Å². The molecule has 160 valence electrons. The first-order valence-corrected chi connectivity index (χ1v) is 12.6. The molecule has 2 aromatic carbocycles. The molecule has 1 amide bonds. The Hall–Kier alpha value is -2.51. The van der Waals surface area contributed by atoms with Crippen LogP contribution in [0.1, 0.15) is 11.1 Å². The number of nitrogens with two attached hydrogens (primary N) is 1. The number of rotatable bonds is 5. The van der Waals surface area contributed by atoms with E-state index in [9.17, 15) is 26.0 Å². The molecule has 1 aliphatic heterocycles. The molecule has 0 aliphatic carbocycles. The molecule has 2 aromatic rings. The Bertz CT molecular complexity index is 1300. The van der Waals surface area contributed by atoms with Gasteiger partial charge in [-0.1, -0.05) is 18.2 Å². The van der Waals surface area contributed by atoms with Crippen molar-refractivity contribution in [3.05, 3.63) is 63.9 Å². The highest BCUT2D eigenvalue weighted by atomic mass is 79.9. The number of amides is 1. The number of hydrogen-bond acceptors (Lipinski definition) is 8. The summed E-state index contributed by atoms with van der Waals surface area (Å²) in [7, 11) is -8.01. The fourth-order valence-corrected chi connectivity index (χ4v) is 4.69. The minimum atomic E-state index is -4.13. The van der Waals surface area contributed by atoms with Gasteiger partial charge in [0.2, 0.25) is 16.0 Å². The van der Waals surface area contributed by atoms with Crippen LogP contribution in [0.2, 0.25) is 0 Å². The highest BCUT2D eigenvalue weighted by molar-refractivity contribution is 9.10. The molecule has 30 heavy (non-hydrogen) atoms. The largest absolute Gasteiger partial charge is 0.383 e. The van der Waals surface area contributed by atoms with E-state index < -0.39 is 43.4 Å². The maximum Gasteiger partial charge on any atom is 0.306 e. The van der Waals surface area contributed by atoms with E-state index in [4.69, 9.17) is 9.92 Å². The van der Waals surface area contributed by atoms with Crippen molar-refractivity contribution in [2.24, 2.45) is 10.7 Å². The topological polar surface area (TPSA) is 136 Å². The summed E-state index contributed by atoms with van der Waals surface area (Å²) in [6.45, 7) is 0. The predicted octanol–water partition coefficient (Wildman–Crippen LogP) is 1.29. The third-order valence-corrected chi connectivity index (χ3v) is 6.27. The standard InChI is InChI=1S/C17H15BrFN3O6S2/c1-29(24,25)22-15(23)17(21-16(22)20,11-6-7-14(19)13(18)9-11)10-4-3-5-12(8-10)28-30(2,26)27/h3-9H,1-2H3,(H2,20,21). The molecule has 1 heterocycles. The Labute approximate surface area is 180 Å². The van der Waals surface area contributed by atoms with Crippen LogP contribution in [0.5, 0.6) is 5.75 Å². The summed E-state index contributed by atoms with van der Waals surface area (Å²) < 4.78 is 66.3. The van der Waals surface area contributed by atoms with Gasteiger partial charge in [0, 0.05) is 0 Å². The van der Waals surface area contributed by atoms with Crippen molar-refractivity contribution in [2.75, 3.05) is 12.5 Å². The van der Waals surface area contributed by atoms with Crippen molar-refractivity contribution in [1.29, 1.82) is 0 Å². The molecular weight excluding hydrogens is 505 g/mol. The summed E-state index contributed by atoms with van der Waals surface area (Å²) >= 11 is 3.03. The molecule has 0 saturated heterocycles. The molecule has 3 rings (SSSR count). The molecule has 9 nitrogen and oxygen atoms in total. The zero-order valence-electron chi connectivity index (χ0n) is 15.5. The quantitative estimate of drug-likeness (QED) is 0.587. The van der Waals surface area contributed by atoms with E-state index >= 15 is 0 Å². The number of guanidine groups is 1. The van der Waals surface area contributed by atoms with Crippen LogP contribution in [0, 0.1) is 5.82 Å². The van der Waals surface area contributed by atoms with Crippen molar-refractivity contribution in [3.63, 3.8) is 0 Å². The van der Waals surface area contributed by atoms with Crippen molar-refractivity contribution in [3.8, 4) is 5.75 Å². The summed E-state index contributed by atoms with van der Waals surface area (Å²) in [5, 5.41) is 0. The lowest BCUT2D eigenvalue weighted by Gasteiger charge is -2.27. The Morgan fingerprint density at radius 2 is 1.73 bits per heavy atom. The van der Waals surface area contributed by atoms with Gasteiger partial charge in [-0.25, -0.2) is 17.8 Å². The number of aliphatic imine (C=N–C) groups is 1. The number of hydrogen-bond donors (Lipinski definition) is 1. The van der Waals surface area contributed by atoms with Gasteiger partial charge >= 0.3 is 10.1 Å². The number of benzene rings is 2. The second-order valence-electron chi connectivity index (χ2n) is 6.46. The lowest BCUT2D eigenvalue weighted by molar-refractivity contribution is -0.126. The van der Waals surface area contributed by atoms with Crippen LogP contribution in [0.15, 0.2) is 51.9 Å². The summed E-state index contributed by atoms with van der Waals surface area (Å²) in [5.41, 5.74) is 3.94. The van der Waals surface area contributed by atoms with E-state index in [2.05, 4.69) is 20.9 Å². The molecule has 0 saturated carbocycles. The van der Waals surface area contributed by atoms with Gasteiger partial charge in [-0.15, -0.1) is 0 Å². The smallest absolute Gasteiger partial charge is 0.306 e.